The predicted octanol–water partition coefficient (Wildman–Crippen LogP) is 1.59. The van der Waals surface area contributed by atoms with Gasteiger partial charge in [-0.3, -0.25) is 0 Å². The van der Waals surface area contributed by atoms with E-state index in [2.05, 4.69) is 6.92 Å². The molecule has 3 fully saturated rings. The predicted molar refractivity (Wildman–Crippen MR) is 78.3 cm³/mol. The van der Waals surface area contributed by atoms with Gasteiger partial charge in [-0.25, -0.2) is 0 Å². The van der Waals surface area contributed by atoms with Crippen LogP contribution in [0.3, 0.4) is 0 Å². The zero-order chi connectivity index (χ0) is 16.1. The Bertz CT molecular complexity index is 377. The van der Waals surface area contributed by atoms with Gasteiger partial charge in [0.15, 0.2) is 11.6 Å². The first-order valence-electron chi connectivity index (χ1n) is 8.25. The van der Waals surface area contributed by atoms with Crippen molar-refractivity contribution in [2.24, 2.45) is 0 Å². The van der Waals surface area contributed by atoms with Crippen molar-refractivity contribution in [3.05, 3.63) is 0 Å². The van der Waals surface area contributed by atoms with Gasteiger partial charge >= 0.3 is 0 Å². The Morgan fingerprint density at radius 3 is 1.77 bits per heavy atom. The summed E-state index contributed by atoms with van der Waals surface area (Å²) in [4.78, 5) is 0. The number of rotatable bonds is 4. The van der Waals surface area contributed by atoms with Crippen LogP contribution in [-0.4, -0.2) is 59.9 Å². The van der Waals surface area contributed by atoms with Gasteiger partial charge in [-0.05, 0) is 34.1 Å². The normalized spacial score (nSPS) is 45.5. The van der Waals surface area contributed by atoms with Crippen molar-refractivity contribution >= 4 is 0 Å². The molecule has 1 N–H and O–H groups in total. The molecule has 0 unspecified atom stereocenters. The van der Waals surface area contributed by atoms with Gasteiger partial charge in [0.1, 0.15) is 36.6 Å². The molecule has 0 aromatic heterocycles. The van der Waals surface area contributed by atoms with Crippen LogP contribution in [0.4, 0.5) is 0 Å². The molecule has 0 bridgehead atoms. The van der Waals surface area contributed by atoms with E-state index in [4.69, 9.17) is 23.7 Å². The van der Waals surface area contributed by atoms with Gasteiger partial charge in [-0.15, -0.1) is 0 Å². The summed E-state index contributed by atoms with van der Waals surface area (Å²) in [6.45, 7) is 10.2. The second-order valence-electron chi connectivity index (χ2n) is 7.31. The van der Waals surface area contributed by atoms with Crippen LogP contribution in [0.15, 0.2) is 0 Å². The van der Waals surface area contributed by atoms with Crippen molar-refractivity contribution in [1.29, 1.82) is 0 Å². The summed E-state index contributed by atoms with van der Waals surface area (Å²) in [5.74, 6) is -1.48. The lowest BCUT2D eigenvalue weighted by molar-refractivity contribution is -0.188. The number of ether oxygens (including phenoxy) is 5. The Morgan fingerprint density at radius 1 is 0.864 bits per heavy atom. The number of aliphatic hydroxyl groups excluding tert-OH is 1. The zero-order valence-electron chi connectivity index (χ0n) is 14.1. The maximum absolute atomic E-state index is 10.6. The molecule has 22 heavy (non-hydrogen) atoms. The molecule has 0 radical (unpaired) electrons. The van der Waals surface area contributed by atoms with E-state index in [0.717, 1.165) is 12.8 Å². The molecule has 1 aliphatic carbocycles. The van der Waals surface area contributed by atoms with Crippen LogP contribution in [0.25, 0.3) is 0 Å². The highest BCUT2D eigenvalue weighted by molar-refractivity contribution is 5.08. The van der Waals surface area contributed by atoms with Crippen LogP contribution in [0.1, 0.15) is 47.5 Å². The van der Waals surface area contributed by atoms with Crippen LogP contribution >= 0.6 is 0 Å². The first-order valence-corrected chi connectivity index (χ1v) is 8.25. The lowest BCUT2D eigenvalue weighted by Gasteiger charge is -2.40. The van der Waals surface area contributed by atoms with Gasteiger partial charge in [0.25, 0.3) is 0 Å². The molecule has 3 aliphatic rings. The summed E-state index contributed by atoms with van der Waals surface area (Å²) >= 11 is 0. The fraction of sp³-hybridized carbons (Fsp3) is 1.00. The third-order valence-corrected chi connectivity index (χ3v) is 4.46. The number of hydrogen-bond donors (Lipinski definition) is 1. The second kappa shape index (κ2) is 5.69. The summed E-state index contributed by atoms with van der Waals surface area (Å²) in [7, 11) is 0. The van der Waals surface area contributed by atoms with Gasteiger partial charge in [-0.2, -0.15) is 0 Å². The van der Waals surface area contributed by atoms with E-state index < -0.39 is 29.9 Å². The zero-order valence-corrected chi connectivity index (χ0v) is 14.1. The fourth-order valence-electron chi connectivity index (χ4n) is 3.60. The lowest BCUT2D eigenvalue weighted by atomic mass is 9.85. The average molecular weight is 316 g/mol. The van der Waals surface area contributed by atoms with Crippen LogP contribution < -0.4 is 0 Å². The van der Waals surface area contributed by atoms with Gasteiger partial charge in [0.05, 0.1) is 0 Å². The smallest absolute Gasteiger partial charge is 0.164 e. The SMILES string of the molecule is CCCCO[C@H]1[C@H]2OC(C)(C)O[C@@H]2[C@@H](O)[C@@H]2OC(C)(C)O[C@@H]12. The summed E-state index contributed by atoms with van der Waals surface area (Å²) in [5, 5.41) is 10.6. The van der Waals surface area contributed by atoms with Gasteiger partial charge in [-0.1, -0.05) is 13.3 Å². The summed E-state index contributed by atoms with van der Waals surface area (Å²) in [6.07, 6.45) is -0.661. The molecule has 6 nitrogen and oxygen atoms in total. The Kier molecular flexibility index (Phi) is 4.29. The third-order valence-electron chi connectivity index (χ3n) is 4.46. The van der Waals surface area contributed by atoms with Crippen molar-refractivity contribution in [2.75, 3.05) is 6.61 Å². The number of hydrogen-bond acceptors (Lipinski definition) is 6. The van der Waals surface area contributed by atoms with E-state index in [-0.39, 0.29) is 18.3 Å². The van der Waals surface area contributed by atoms with Crippen molar-refractivity contribution in [3.8, 4) is 0 Å². The van der Waals surface area contributed by atoms with Crippen molar-refractivity contribution < 1.29 is 28.8 Å². The maximum atomic E-state index is 10.6. The fourth-order valence-corrected chi connectivity index (χ4v) is 3.60. The summed E-state index contributed by atoms with van der Waals surface area (Å²) in [6, 6.07) is 0. The highest BCUT2D eigenvalue weighted by Crippen LogP contribution is 2.45. The van der Waals surface area contributed by atoms with Crippen LogP contribution in [0.5, 0.6) is 0 Å². The largest absolute Gasteiger partial charge is 0.387 e. The molecule has 6 atom stereocenters. The molecule has 128 valence electrons. The first kappa shape index (κ1) is 16.6. The van der Waals surface area contributed by atoms with Gasteiger partial charge in [0, 0.05) is 6.61 Å². The molecule has 0 spiro atoms. The number of unbranched alkanes of at least 4 members (excludes halogenated alkanes) is 1. The molecular weight excluding hydrogens is 288 g/mol. The molecule has 0 aromatic rings. The maximum Gasteiger partial charge on any atom is 0.164 e. The minimum Gasteiger partial charge on any atom is -0.387 e. The molecule has 2 aliphatic heterocycles. The Morgan fingerprint density at radius 2 is 1.32 bits per heavy atom. The highest BCUT2D eigenvalue weighted by Gasteiger charge is 2.63. The van der Waals surface area contributed by atoms with E-state index in [9.17, 15) is 5.11 Å². The molecule has 0 aromatic carbocycles. The summed E-state index contributed by atoms with van der Waals surface area (Å²) < 4.78 is 29.8. The Hall–Kier alpha value is -0.240. The first-order chi connectivity index (χ1) is 10.2. The van der Waals surface area contributed by atoms with Crippen LogP contribution in [0.2, 0.25) is 0 Å². The quantitative estimate of drug-likeness (QED) is 0.795. The number of aliphatic hydroxyl groups is 1. The minimum absolute atomic E-state index is 0.298. The van der Waals surface area contributed by atoms with Crippen molar-refractivity contribution in [2.45, 2.75) is 95.7 Å². The molecule has 6 heteroatoms. The van der Waals surface area contributed by atoms with E-state index in [1.807, 2.05) is 27.7 Å². The van der Waals surface area contributed by atoms with E-state index >= 15 is 0 Å². The van der Waals surface area contributed by atoms with Crippen molar-refractivity contribution in [1.82, 2.24) is 0 Å². The van der Waals surface area contributed by atoms with E-state index in [0.29, 0.717) is 6.61 Å². The van der Waals surface area contributed by atoms with Crippen LogP contribution in [0, 0.1) is 0 Å². The number of fused-ring (bicyclic) bond motifs is 2. The minimum atomic E-state index is -0.787. The van der Waals surface area contributed by atoms with Crippen LogP contribution in [-0.2, 0) is 23.7 Å². The topological polar surface area (TPSA) is 66.4 Å². The monoisotopic (exact) mass is 316 g/mol. The second-order valence-corrected chi connectivity index (χ2v) is 7.31. The lowest BCUT2D eigenvalue weighted by Crippen LogP contribution is -2.62. The van der Waals surface area contributed by atoms with Crippen molar-refractivity contribution in [3.63, 3.8) is 0 Å². The molecule has 1 saturated carbocycles. The molecule has 0 amide bonds. The molecule has 3 rings (SSSR count). The third kappa shape index (κ3) is 2.92. The molecule has 2 heterocycles. The molecule has 2 saturated heterocycles. The average Bonchev–Trinajstić information content (AvgIpc) is 2.90. The van der Waals surface area contributed by atoms with E-state index in [1.54, 1.807) is 0 Å². The Balaban J connectivity index is 1.83. The highest BCUT2D eigenvalue weighted by atomic mass is 16.8. The summed E-state index contributed by atoms with van der Waals surface area (Å²) in [5.41, 5.74) is 0. The standard InChI is InChI=1S/C16H28O6/c1-6-7-8-18-12-13-10(19-15(2,3)21-13)9(17)11-14(12)22-16(4,5)20-11/h9-14,17H,6-8H2,1-5H3/t9-,10-,11+,12+,13+,14-. The van der Waals surface area contributed by atoms with E-state index in [1.165, 1.54) is 0 Å². The van der Waals surface area contributed by atoms with Gasteiger partial charge < -0.3 is 28.8 Å². The molecular formula is C16H28O6. The Labute approximate surface area is 132 Å². The van der Waals surface area contributed by atoms with Gasteiger partial charge in [0.2, 0.25) is 0 Å².